The molecule has 1 saturated heterocycles. The number of sulfonamides is 1. The van der Waals surface area contributed by atoms with Crippen LogP contribution in [0.5, 0.6) is 0 Å². The zero-order chi connectivity index (χ0) is 22.7. The van der Waals surface area contributed by atoms with Crippen molar-refractivity contribution in [3.8, 4) is 11.3 Å². The summed E-state index contributed by atoms with van der Waals surface area (Å²) in [5, 5.41) is 9.16. The second-order valence-electron chi connectivity index (χ2n) is 7.58. The lowest BCUT2D eigenvalue weighted by Gasteiger charge is -2.31. The number of rotatable bonds is 5. The van der Waals surface area contributed by atoms with Gasteiger partial charge in [-0.25, -0.2) is 13.5 Å². The maximum atomic E-state index is 13.0. The first-order valence-electron chi connectivity index (χ1n) is 10.1. The van der Waals surface area contributed by atoms with Crippen molar-refractivity contribution in [3.05, 3.63) is 76.6 Å². The molecule has 2 N–H and O–H groups in total. The van der Waals surface area contributed by atoms with Crippen LogP contribution in [-0.2, 0) is 10.0 Å². The third kappa shape index (κ3) is 4.77. The lowest BCUT2D eigenvalue weighted by Crippen LogP contribution is -2.47. The highest BCUT2D eigenvalue weighted by atomic mass is 32.2. The van der Waals surface area contributed by atoms with Crippen LogP contribution in [0.2, 0.25) is 0 Å². The number of H-pyrrole nitrogens is 1. The van der Waals surface area contributed by atoms with Crippen LogP contribution in [0.3, 0.4) is 0 Å². The van der Waals surface area contributed by atoms with E-state index in [9.17, 15) is 18.0 Å². The fourth-order valence-electron chi connectivity index (χ4n) is 3.44. The molecule has 32 heavy (non-hydrogen) atoms. The number of nitrogens with zero attached hydrogens (tertiary/aromatic N) is 3. The quantitative estimate of drug-likeness (QED) is 0.607. The molecular weight excluding hydrogens is 430 g/mol. The number of likely N-dealkylation sites (N-methyl/N-ethyl adjacent to an activating group) is 1. The van der Waals surface area contributed by atoms with Crippen LogP contribution >= 0.6 is 0 Å². The molecule has 3 aromatic rings. The number of benzene rings is 2. The number of piperazine rings is 1. The van der Waals surface area contributed by atoms with Crippen molar-refractivity contribution in [2.24, 2.45) is 0 Å². The fourth-order valence-corrected chi connectivity index (χ4v) is 4.91. The van der Waals surface area contributed by atoms with Gasteiger partial charge in [-0.05, 0) is 43.4 Å². The molecule has 10 heteroatoms. The number of nitrogens with one attached hydrogen (secondary N) is 2. The molecule has 1 aliphatic heterocycles. The number of aromatic nitrogens is 2. The Bertz CT molecular complexity index is 1280. The molecule has 0 bridgehead atoms. The molecule has 1 fully saturated rings. The summed E-state index contributed by atoms with van der Waals surface area (Å²) in [6.07, 6.45) is 0. The number of hydrogen-bond acceptors (Lipinski definition) is 6. The summed E-state index contributed by atoms with van der Waals surface area (Å²) in [7, 11) is -1.72. The normalized spacial score (nSPS) is 15.4. The first-order chi connectivity index (χ1) is 15.3. The highest BCUT2D eigenvalue weighted by Crippen LogP contribution is 2.22. The largest absolute Gasteiger partial charge is 0.322 e. The summed E-state index contributed by atoms with van der Waals surface area (Å²) >= 11 is 0. The minimum absolute atomic E-state index is 0.0980. The van der Waals surface area contributed by atoms with Crippen molar-refractivity contribution >= 4 is 21.6 Å². The van der Waals surface area contributed by atoms with E-state index in [4.69, 9.17) is 0 Å². The zero-order valence-electron chi connectivity index (χ0n) is 17.5. The van der Waals surface area contributed by atoms with Crippen molar-refractivity contribution in [3.63, 3.8) is 0 Å². The molecule has 0 aliphatic carbocycles. The topological polar surface area (TPSA) is 115 Å². The second-order valence-corrected chi connectivity index (χ2v) is 9.51. The van der Waals surface area contributed by atoms with E-state index < -0.39 is 15.9 Å². The van der Waals surface area contributed by atoms with Crippen molar-refractivity contribution in [2.75, 3.05) is 38.5 Å². The van der Waals surface area contributed by atoms with Gasteiger partial charge in [0.1, 0.15) is 0 Å². The summed E-state index contributed by atoms with van der Waals surface area (Å²) in [5.74, 6) is -0.424. The van der Waals surface area contributed by atoms with Crippen LogP contribution in [0.25, 0.3) is 11.3 Å². The van der Waals surface area contributed by atoms with E-state index in [0.29, 0.717) is 43.1 Å². The van der Waals surface area contributed by atoms with Crippen molar-refractivity contribution in [2.45, 2.75) is 4.90 Å². The maximum absolute atomic E-state index is 13.0. The van der Waals surface area contributed by atoms with E-state index in [1.807, 2.05) is 7.05 Å². The Morgan fingerprint density at radius 2 is 1.75 bits per heavy atom. The summed E-state index contributed by atoms with van der Waals surface area (Å²) in [5.41, 5.74) is 1.73. The van der Waals surface area contributed by atoms with Gasteiger partial charge in [0.15, 0.2) is 0 Å². The molecule has 9 nitrogen and oxygen atoms in total. The van der Waals surface area contributed by atoms with Crippen LogP contribution in [0, 0.1) is 0 Å². The molecule has 166 valence electrons. The molecule has 1 aromatic heterocycles. The van der Waals surface area contributed by atoms with Gasteiger partial charge in [-0.2, -0.15) is 9.40 Å². The van der Waals surface area contributed by atoms with Crippen molar-refractivity contribution in [1.29, 1.82) is 0 Å². The van der Waals surface area contributed by atoms with Crippen LogP contribution in [0.1, 0.15) is 10.4 Å². The van der Waals surface area contributed by atoms with Gasteiger partial charge in [0.2, 0.25) is 10.0 Å². The van der Waals surface area contributed by atoms with E-state index in [1.54, 1.807) is 42.5 Å². The third-order valence-electron chi connectivity index (χ3n) is 5.29. The van der Waals surface area contributed by atoms with Crippen LogP contribution in [0.15, 0.2) is 70.4 Å². The van der Waals surface area contributed by atoms with E-state index >= 15 is 0 Å². The standard InChI is InChI=1S/C22H23N5O4S/c1-26-10-12-27(13-11-26)32(30,31)19-7-3-5-17(15-19)22(29)23-18-6-2-4-16(14-18)20-8-9-21(28)25-24-20/h2-9,14-15H,10-13H2,1H3,(H,23,29)(H,25,28). The van der Waals surface area contributed by atoms with Gasteiger partial charge < -0.3 is 10.2 Å². The van der Waals surface area contributed by atoms with Gasteiger partial charge >= 0.3 is 0 Å². The average Bonchev–Trinajstić information content (AvgIpc) is 2.80. The Balaban J connectivity index is 1.53. The lowest BCUT2D eigenvalue weighted by molar-refractivity contribution is 0.102. The fraction of sp³-hybridized carbons (Fsp3) is 0.227. The number of anilines is 1. The van der Waals surface area contributed by atoms with E-state index in [-0.39, 0.29) is 16.0 Å². The van der Waals surface area contributed by atoms with Gasteiger partial charge in [0, 0.05) is 49.1 Å². The molecule has 2 heterocycles. The maximum Gasteiger partial charge on any atom is 0.264 e. The average molecular weight is 454 g/mol. The molecule has 4 rings (SSSR count). The van der Waals surface area contributed by atoms with Crippen molar-refractivity contribution in [1.82, 2.24) is 19.4 Å². The smallest absolute Gasteiger partial charge is 0.264 e. The number of aromatic amines is 1. The summed E-state index contributed by atoms with van der Waals surface area (Å²) in [6.45, 7) is 2.17. The predicted octanol–water partition coefficient (Wildman–Crippen LogP) is 1.63. The Kier molecular flexibility index (Phi) is 6.17. The molecule has 0 spiro atoms. The monoisotopic (exact) mass is 453 g/mol. The Labute approximate surface area is 185 Å². The number of carbonyl (C=O) groups excluding carboxylic acids is 1. The molecular formula is C22H23N5O4S. The minimum Gasteiger partial charge on any atom is -0.322 e. The molecule has 1 amide bonds. The second kappa shape index (κ2) is 9.03. The molecule has 0 unspecified atom stereocenters. The molecule has 2 aromatic carbocycles. The lowest BCUT2D eigenvalue weighted by atomic mass is 10.1. The van der Waals surface area contributed by atoms with Gasteiger partial charge in [0.05, 0.1) is 10.6 Å². The summed E-state index contributed by atoms with van der Waals surface area (Å²) in [6, 6.07) is 16.0. The minimum atomic E-state index is -3.67. The highest BCUT2D eigenvalue weighted by Gasteiger charge is 2.28. The number of carbonyl (C=O) groups is 1. The van der Waals surface area contributed by atoms with Gasteiger partial charge in [-0.3, -0.25) is 9.59 Å². The molecule has 0 saturated carbocycles. The number of amides is 1. The SMILES string of the molecule is CN1CCN(S(=O)(=O)c2cccc(C(=O)Nc3cccc(-c4ccc(=O)[nH]n4)c3)c2)CC1. The summed E-state index contributed by atoms with van der Waals surface area (Å²) < 4.78 is 27.4. The van der Waals surface area contributed by atoms with E-state index in [0.717, 1.165) is 0 Å². The molecule has 0 atom stereocenters. The van der Waals surface area contributed by atoms with Crippen molar-refractivity contribution < 1.29 is 13.2 Å². The highest BCUT2D eigenvalue weighted by molar-refractivity contribution is 7.89. The van der Waals surface area contributed by atoms with Crippen LogP contribution in [0.4, 0.5) is 5.69 Å². The zero-order valence-corrected chi connectivity index (χ0v) is 18.3. The van der Waals surface area contributed by atoms with E-state index in [2.05, 4.69) is 20.4 Å². The van der Waals surface area contributed by atoms with Crippen LogP contribution < -0.4 is 10.9 Å². The summed E-state index contributed by atoms with van der Waals surface area (Å²) in [4.78, 5) is 26.2. The Morgan fingerprint density at radius 3 is 2.47 bits per heavy atom. The first-order valence-corrected chi connectivity index (χ1v) is 11.5. The molecule has 1 aliphatic rings. The third-order valence-corrected chi connectivity index (χ3v) is 7.19. The Hall–Kier alpha value is -3.34. The molecule has 0 radical (unpaired) electrons. The van der Waals surface area contributed by atoms with Gasteiger partial charge in [-0.15, -0.1) is 0 Å². The van der Waals surface area contributed by atoms with Gasteiger partial charge in [0.25, 0.3) is 11.5 Å². The number of hydrogen-bond donors (Lipinski definition) is 2. The van der Waals surface area contributed by atoms with Crippen LogP contribution in [-0.4, -0.2) is 67.0 Å². The first kappa shape index (κ1) is 21.9. The predicted molar refractivity (Wildman–Crippen MR) is 121 cm³/mol. The van der Waals surface area contributed by atoms with Gasteiger partial charge in [-0.1, -0.05) is 18.2 Å². The van der Waals surface area contributed by atoms with E-state index in [1.165, 1.54) is 22.5 Å². The Morgan fingerprint density at radius 1 is 1.00 bits per heavy atom.